The summed E-state index contributed by atoms with van der Waals surface area (Å²) in [5.74, 6) is -3.08. The van der Waals surface area contributed by atoms with Crippen LogP contribution in [0.5, 0.6) is 11.5 Å². The normalized spacial score (nSPS) is 10.2. The van der Waals surface area contributed by atoms with E-state index in [4.69, 9.17) is 19.9 Å². The molecule has 0 amide bonds. The number of phenols is 1. The van der Waals surface area contributed by atoms with Crippen LogP contribution in [0.3, 0.4) is 0 Å². The maximum atomic E-state index is 10.6. The average molecular weight is 356 g/mol. The lowest BCUT2D eigenvalue weighted by molar-refractivity contribution is 0.0683. The summed E-state index contributed by atoms with van der Waals surface area (Å²) in [5.41, 5.74) is -0.410. The first-order valence-corrected chi connectivity index (χ1v) is 7.49. The summed E-state index contributed by atoms with van der Waals surface area (Å²) in [4.78, 5) is 20.8. The predicted octanol–water partition coefficient (Wildman–Crippen LogP) is 1.66. The Labute approximate surface area is 136 Å². The van der Waals surface area contributed by atoms with E-state index in [1.165, 1.54) is 24.3 Å². The third kappa shape index (κ3) is 5.94. The third-order valence-corrected chi connectivity index (χ3v) is 2.84. The molecule has 24 heavy (non-hydrogen) atoms. The number of carboxylic acids is 2. The van der Waals surface area contributed by atoms with Gasteiger partial charge in [-0.05, 0) is 24.3 Å². The highest BCUT2D eigenvalue weighted by molar-refractivity contribution is 7.81. The molecule has 0 bridgehead atoms. The van der Waals surface area contributed by atoms with Gasteiger partial charge in [0.05, 0.1) is 0 Å². The third-order valence-electron chi connectivity index (χ3n) is 2.45. The second-order valence-corrected chi connectivity index (χ2v) is 5.16. The van der Waals surface area contributed by atoms with Crippen molar-refractivity contribution in [2.75, 3.05) is 0 Å². The van der Waals surface area contributed by atoms with Crippen molar-refractivity contribution in [2.24, 2.45) is 0 Å². The van der Waals surface area contributed by atoms with E-state index in [1.54, 1.807) is 12.1 Å². The molecule has 0 atom stereocenters. The Morgan fingerprint density at radius 1 is 0.833 bits per heavy atom. The van der Waals surface area contributed by atoms with Crippen molar-refractivity contribution in [2.45, 2.75) is 0 Å². The Balaban J connectivity index is 0.000000254. The summed E-state index contributed by atoms with van der Waals surface area (Å²) in [6.07, 6.45) is 0. The molecule has 2 rings (SSSR count). The number of hydrogen-bond acceptors (Lipinski definition) is 6. The molecule has 0 radical (unpaired) electrons. The quantitative estimate of drug-likeness (QED) is 0.597. The average Bonchev–Trinajstić information content (AvgIpc) is 2.46. The molecule has 0 aromatic heterocycles. The van der Waals surface area contributed by atoms with Gasteiger partial charge in [0.25, 0.3) is 0 Å². The Bertz CT molecular complexity index is 843. The number of hydrogen-bond donors (Lipinski definition) is 4. The van der Waals surface area contributed by atoms with Crippen molar-refractivity contribution in [3.8, 4) is 11.5 Å². The largest absolute Gasteiger partial charge is 0.507 e. The predicted molar refractivity (Wildman–Crippen MR) is 80.6 cm³/mol. The van der Waals surface area contributed by atoms with Gasteiger partial charge in [-0.2, -0.15) is 8.42 Å². The van der Waals surface area contributed by atoms with Gasteiger partial charge >= 0.3 is 22.3 Å². The summed E-state index contributed by atoms with van der Waals surface area (Å²) < 4.78 is 33.0. The van der Waals surface area contributed by atoms with Crippen LogP contribution in [0.1, 0.15) is 20.7 Å². The fourth-order valence-corrected chi connectivity index (χ4v) is 1.86. The maximum Gasteiger partial charge on any atom is 0.446 e. The number of aromatic carboxylic acids is 2. The van der Waals surface area contributed by atoms with Crippen molar-refractivity contribution in [1.82, 2.24) is 0 Å². The van der Waals surface area contributed by atoms with Crippen LogP contribution in [0.4, 0.5) is 0 Å². The van der Waals surface area contributed by atoms with Crippen LogP contribution in [0.25, 0.3) is 0 Å². The van der Waals surface area contributed by atoms with Crippen molar-refractivity contribution in [3.63, 3.8) is 0 Å². The second-order valence-electron chi connectivity index (χ2n) is 4.13. The topological polar surface area (TPSA) is 158 Å². The van der Waals surface area contributed by atoms with Crippen LogP contribution in [0.15, 0.2) is 48.5 Å². The van der Waals surface area contributed by atoms with Gasteiger partial charge in [0.2, 0.25) is 0 Å². The van der Waals surface area contributed by atoms with E-state index < -0.39 is 28.1 Å². The maximum absolute atomic E-state index is 10.6. The Hall–Kier alpha value is -3.11. The highest BCUT2D eigenvalue weighted by Gasteiger charge is 2.15. The lowest BCUT2D eigenvalue weighted by Gasteiger charge is -2.03. The number of benzene rings is 2. The minimum atomic E-state index is -4.70. The van der Waals surface area contributed by atoms with Crippen molar-refractivity contribution in [1.29, 1.82) is 0 Å². The first kappa shape index (κ1) is 18.9. The number of carboxylic acid groups (broad SMARTS) is 2. The number of aromatic hydroxyl groups is 1. The molecule has 0 heterocycles. The molecular weight excluding hydrogens is 344 g/mol. The minimum absolute atomic E-state index is 0.0671. The smallest absolute Gasteiger partial charge is 0.446 e. The van der Waals surface area contributed by atoms with Gasteiger partial charge in [-0.15, -0.1) is 0 Å². The molecule has 2 aromatic rings. The zero-order chi connectivity index (χ0) is 18.3. The first-order valence-electron chi connectivity index (χ1n) is 6.12. The van der Waals surface area contributed by atoms with Crippen LogP contribution < -0.4 is 4.18 Å². The van der Waals surface area contributed by atoms with Gasteiger partial charge in [-0.3, -0.25) is 4.55 Å². The van der Waals surface area contributed by atoms with Crippen LogP contribution in [-0.4, -0.2) is 40.2 Å². The highest BCUT2D eigenvalue weighted by Crippen LogP contribution is 2.19. The Morgan fingerprint density at radius 3 is 1.71 bits per heavy atom. The summed E-state index contributed by atoms with van der Waals surface area (Å²) in [7, 11) is -4.70. The molecule has 10 heteroatoms. The molecule has 0 saturated heterocycles. The van der Waals surface area contributed by atoms with Gasteiger partial charge in [-0.1, -0.05) is 24.3 Å². The molecule has 0 unspecified atom stereocenters. The molecular formula is C14H12O9S. The molecule has 4 N–H and O–H groups in total. The monoisotopic (exact) mass is 356 g/mol. The van der Waals surface area contributed by atoms with Gasteiger partial charge in [-0.25, -0.2) is 9.59 Å². The van der Waals surface area contributed by atoms with E-state index in [9.17, 15) is 18.0 Å². The summed E-state index contributed by atoms with van der Waals surface area (Å²) in [6, 6.07) is 10.9. The van der Waals surface area contributed by atoms with E-state index in [2.05, 4.69) is 4.18 Å². The van der Waals surface area contributed by atoms with Crippen molar-refractivity contribution < 1.29 is 42.1 Å². The lowest BCUT2D eigenvalue weighted by Crippen LogP contribution is -2.10. The first-order chi connectivity index (χ1) is 11.1. The standard InChI is InChI=1S/C7H6O6S.C7H6O3/c8-7(9)5-3-1-2-4-6(5)13-14(10,11)12;8-6-4-2-1-3-5(6)7(9)10/h1-4H,(H,8,9)(H,10,11,12);1-4,8H,(H,9,10). The van der Waals surface area contributed by atoms with Gasteiger partial charge in [0.15, 0.2) is 5.75 Å². The van der Waals surface area contributed by atoms with E-state index in [1.807, 2.05) is 0 Å². The van der Waals surface area contributed by atoms with Crippen molar-refractivity contribution >= 4 is 22.3 Å². The SMILES string of the molecule is O=C(O)c1ccccc1O.O=C(O)c1ccccc1OS(=O)(=O)O. The lowest BCUT2D eigenvalue weighted by atomic mass is 10.2. The molecule has 0 fully saturated rings. The van der Waals surface area contributed by atoms with E-state index in [0.717, 1.165) is 12.1 Å². The van der Waals surface area contributed by atoms with Crippen LogP contribution in [-0.2, 0) is 10.4 Å². The number of carbonyl (C=O) groups is 2. The molecule has 2 aromatic carbocycles. The zero-order valence-corrected chi connectivity index (χ0v) is 12.7. The molecule has 128 valence electrons. The molecule has 0 spiro atoms. The Morgan fingerprint density at radius 2 is 1.29 bits per heavy atom. The van der Waals surface area contributed by atoms with Gasteiger partial charge < -0.3 is 19.5 Å². The highest BCUT2D eigenvalue weighted by atomic mass is 32.3. The molecule has 0 aliphatic rings. The number of para-hydroxylation sites is 2. The van der Waals surface area contributed by atoms with E-state index in [0.29, 0.717) is 0 Å². The summed E-state index contributed by atoms with van der Waals surface area (Å²) in [6.45, 7) is 0. The Kier molecular flexibility index (Phi) is 6.27. The molecule has 9 nitrogen and oxygen atoms in total. The van der Waals surface area contributed by atoms with Crippen LogP contribution >= 0.6 is 0 Å². The molecule has 0 saturated carbocycles. The zero-order valence-electron chi connectivity index (χ0n) is 11.9. The fraction of sp³-hybridized carbons (Fsp3) is 0. The van der Waals surface area contributed by atoms with E-state index in [-0.39, 0.29) is 16.9 Å². The molecule has 0 aliphatic heterocycles. The van der Waals surface area contributed by atoms with Gasteiger partial charge in [0.1, 0.15) is 16.9 Å². The summed E-state index contributed by atoms with van der Waals surface area (Å²) in [5, 5.41) is 25.9. The molecule has 0 aliphatic carbocycles. The fourth-order valence-electron chi connectivity index (χ4n) is 1.48. The van der Waals surface area contributed by atoms with Crippen LogP contribution in [0, 0.1) is 0 Å². The summed E-state index contributed by atoms with van der Waals surface area (Å²) >= 11 is 0. The van der Waals surface area contributed by atoms with E-state index >= 15 is 0 Å². The minimum Gasteiger partial charge on any atom is -0.507 e. The number of rotatable bonds is 4. The second kappa shape index (κ2) is 7.94. The van der Waals surface area contributed by atoms with Crippen LogP contribution in [0.2, 0.25) is 0 Å². The van der Waals surface area contributed by atoms with Crippen molar-refractivity contribution in [3.05, 3.63) is 59.7 Å². The van der Waals surface area contributed by atoms with Gasteiger partial charge in [0, 0.05) is 0 Å².